The van der Waals surface area contributed by atoms with Crippen LogP contribution in [0.3, 0.4) is 0 Å². The summed E-state index contributed by atoms with van der Waals surface area (Å²) in [5.74, 6) is -4.74. The van der Waals surface area contributed by atoms with Crippen molar-refractivity contribution in [2.75, 3.05) is 20.1 Å². The summed E-state index contributed by atoms with van der Waals surface area (Å²) in [6.07, 6.45) is -0.0169. The van der Waals surface area contributed by atoms with Gasteiger partial charge in [0.1, 0.15) is 18.1 Å². The SMILES string of the molecule is CC[C@H]1NC(=O)c2cccc(c2)CNC(=O)[C@H](CC(=O)O)NC(=O)CNC(=O)C(CCCN=C(N)N)N(C)C1=O. The van der Waals surface area contributed by atoms with Gasteiger partial charge in [-0.3, -0.25) is 33.8 Å². The molecular weight excluding hydrogens is 524 g/mol. The van der Waals surface area contributed by atoms with Crippen molar-refractivity contribution in [3.05, 3.63) is 35.4 Å². The molecule has 1 aromatic rings. The molecule has 40 heavy (non-hydrogen) atoms. The number of carboxylic acids is 1. The number of aliphatic imine (C=N–C) groups is 1. The summed E-state index contributed by atoms with van der Waals surface area (Å²) in [4.78, 5) is 81.1. The Hall–Kier alpha value is -4.69. The van der Waals surface area contributed by atoms with Gasteiger partial charge >= 0.3 is 5.97 Å². The molecule has 3 atom stereocenters. The Labute approximate surface area is 231 Å². The third-order valence-corrected chi connectivity index (χ3v) is 6.17. The summed E-state index contributed by atoms with van der Waals surface area (Å²) < 4.78 is 0. The molecule has 0 spiro atoms. The standard InChI is InChI=1S/C25H36N8O7/c1-3-16-24(40)33(2)18(8-5-9-28-25(26)27)23(39)30-13-19(34)31-17(11-20(35)36)22(38)29-12-14-6-4-7-15(10-14)21(37)32-16/h4,6-7,10,16-18H,3,5,8-9,11-13H2,1-2H3,(H,29,38)(H,30,39)(H,31,34)(H,32,37)(H,35,36)(H4,26,27,28)/t16-,17+,18?/m1/s1. The zero-order valence-electron chi connectivity index (χ0n) is 22.4. The molecule has 1 unspecified atom stereocenters. The van der Waals surface area contributed by atoms with Gasteiger partial charge in [-0.1, -0.05) is 19.1 Å². The first kappa shape index (κ1) is 31.5. The van der Waals surface area contributed by atoms with Gasteiger partial charge in [-0.25, -0.2) is 0 Å². The fourth-order valence-electron chi connectivity index (χ4n) is 4.02. The van der Waals surface area contributed by atoms with E-state index in [-0.39, 0.29) is 37.5 Å². The number of hydrogen-bond acceptors (Lipinski definition) is 7. The molecule has 2 bridgehead atoms. The van der Waals surface area contributed by atoms with E-state index in [0.29, 0.717) is 12.0 Å². The highest BCUT2D eigenvalue weighted by atomic mass is 16.4. The Morgan fingerprint density at radius 3 is 2.40 bits per heavy atom. The molecule has 1 heterocycles. The lowest BCUT2D eigenvalue weighted by atomic mass is 10.1. The van der Waals surface area contributed by atoms with Crippen molar-refractivity contribution in [3.8, 4) is 0 Å². The van der Waals surface area contributed by atoms with Crippen LogP contribution in [0.2, 0.25) is 0 Å². The molecule has 1 aromatic carbocycles. The topological polar surface area (TPSA) is 238 Å². The van der Waals surface area contributed by atoms with E-state index < -0.39 is 66.6 Å². The Morgan fingerprint density at radius 1 is 1.05 bits per heavy atom. The van der Waals surface area contributed by atoms with Gasteiger partial charge in [0, 0.05) is 25.7 Å². The van der Waals surface area contributed by atoms with Crippen LogP contribution in [-0.2, 0) is 30.5 Å². The van der Waals surface area contributed by atoms with Gasteiger partial charge in [0.2, 0.25) is 23.6 Å². The number of carbonyl (C=O) groups is 6. The molecule has 0 saturated carbocycles. The first-order valence-corrected chi connectivity index (χ1v) is 12.7. The van der Waals surface area contributed by atoms with Gasteiger partial charge in [-0.05, 0) is 37.0 Å². The number of carboxylic acid groups (broad SMARTS) is 1. The first-order chi connectivity index (χ1) is 18.9. The van der Waals surface area contributed by atoms with Crippen LogP contribution in [0.25, 0.3) is 0 Å². The maximum atomic E-state index is 13.4. The van der Waals surface area contributed by atoms with Gasteiger partial charge in [0.25, 0.3) is 5.91 Å². The summed E-state index contributed by atoms with van der Waals surface area (Å²) in [5, 5.41) is 19.2. The second-order valence-corrected chi connectivity index (χ2v) is 9.20. The molecule has 0 aromatic heterocycles. The Kier molecular flexibility index (Phi) is 11.9. The molecule has 0 fully saturated rings. The number of carbonyl (C=O) groups excluding carboxylic acids is 5. The van der Waals surface area contributed by atoms with Crippen LogP contribution in [0.4, 0.5) is 0 Å². The average Bonchev–Trinajstić information content (AvgIpc) is 2.91. The van der Waals surface area contributed by atoms with E-state index in [9.17, 15) is 33.9 Å². The Bertz CT molecular complexity index is 1150. The molecule has 218 valence electrons. The van der Waals surface area contributed by atoms with Crippen LogP contribution in [0.5, 0.6) is 0 Å². The Morgan fingerprint density at radius 2 is 1.75 bits per heavy atom. The number of hydrogen-bond donors (Lipinski definition) is 7. The normalized spacial score (nSPS) is 21.2. The highest BCUT2D eigenvalue weighted by Gasteiger charge is 2.32. The number of amides is 5. The fourth-order valence-corrected chi connectivity index (χ4v) is 4.02. The summed E-state index contributed by atoms with van der Waals surface area (Å²) in [6, 6.07) is 2.87. The number of rotatable bonds is 7. The van der Waals surface area contributed by atoms with E-state index in [4.69, 9.17) is 11.5 Å². The number of nitrogens with two attached hydrogens (primary N) is 2. The largest absolute Gasteiger partial charge is 0.481 e. The summed E-state index contributed by atoms with van der Waals surface area (Å²) in [5.41, 5.74) is 11.5. The number of guanidine groups is 1. The van der Waals surface area contributed by atoms with E-state index in [0.717, 1.165) is 0 Å². The molecule has 1 aliphatic rings. The monoisotopic (exact) mass is 560 g/mol. The summed E-state index contributed by atoms with van der Waals surface area (Å²) >= 11 is 0. The van der Waals surface area contributed by atoms with Gasteiger partial charge < -0.3 is 42.7 Å². The minimum atomic E-state index is -1.42. The zero-order valence-corrected chi connectivity index (χ0v) is 22.4. The van der Waals surface area contributed by atoms with Crippen molar-refractivity contribution >= 4 is 41.5 Å². The quantitative estimate of drug-likeness (QED) is 0.108. The Balaban J connectivity index is 2.40. The number of benzene rings is 1. The van der Waals surface area contributed by atoms with Gasteiger partial charge in [0.15, 0.2) is 5.96 Å². The van der Waals surface area contributed by atoms with E-state index in [2.05, 4.69) is 26.3 Å². The third-order valence-electron chi connectivity index (χ3n) is 6.17. The second-order valence-electron chi connectivity index (χ2n) is 9.20. The summed E-state index contributed by atoms with van der Waals surface area (Å²) in [7, 11) is 1.41. The van der Waals surface area contributed by atoms with Crippen molar-refractivity contribution in [1.29, 1.82) is 0 Å². The fraction of sp³-hybridized carbons (Fsp3) is 0.480. The molecule has 9 N–H and O–H groups in total. The molecule has 15 heteroatoms. The first-order valence-electron chi connectivity index (χ1n) is 12.7. The van der Waals surface area contributed by atoms with Crippen LogP contribution in [0.1, 0.15) is 48.5 Å². The van der Waals surface area contributed by atoms with Crippen molar-refractivity contribution in [2.45, 2.75) is 57.3 Å². The molecule has 5 amide bonds. The number of nitrogens with zero attached hydrogens (tertiary/aromatic N) is 2. The molecule has 0 saturated heterocycles. The predicted molar refractivity (Wildman–Crippen MR) is 143 cm³/mol. The third kappa shape index (κ3) is 9.56. The van der Waals surface area contributed by atoms with Crippen molar-refractivity contribution in [2.24, 2.45) is 16.5 Å². The van der Waals surface area contributed by atoms with Crippen molar-refractivity contribution in [3.63, 3.8) is 0 Å². The van der Waals surface area contributed by atoms with Gasteiger partial charge in [-0.2, -0.15) is 0 Å². The highest BCUT2D eigenvalue weighted by molar-refractivity contribution is 5.99. The van der Waals surface area contributed by atoms with Crippen molar-refractivity contribution in [1.82, 2.24) is 26.2 Å². The smallest absolute Gasteiger partial charge is 0.305 e. The lowest BCUT2D eigenvalue weighted by Gasteiger charge is -2.30. The van der Waals surface area contributed by atoms with Crippen LogP contribution in [-0.4, -0.2) is 89.7 Å². The highest BCUT2D eigenvalue weighted by Crippen LogP contribution is 2.12. The van der Waals surface area contributed by atoms with Crippen LogP contribution in [0, 0.1) is 0 Å². The predicted octanol–water partition coefficient (Wildman–Crippen LogP) is -2.22. The van der Waals surface area contributed by atoms with Crippen LogP contribution < -0.4 is 32.7 Å². The average molecular weight is 561 g/mol. The zero-order chi connectivity index (χ0) is 29.8. The maximum Gasteiger partial charge on any atom is 0.305 e. The molecular formula is C25H36N8O7. The van der Waals surface area contributed by atoms with Crippen LogP contribution >= 0.6 is 0 Å². The number of nitrogens with one attached hydrogen (secondary N) is 4. The van der Waals surface area contributed by atoms with Crippen LogP contribution in [0.15, 0.2) is 29.3 Å². The second kappa shape index (κ2) is 15.0. The molecule has 1 aliphatic heterocycles. The van der Waals surface area contributed by atoms with E-state index in [1.165, 1.54) is 24.1 Å². The minimum Gasteiger partial charge on any atom is -0.481 e. The number of likely N-dealkylation sites (N-methyl/N-ethyl adjacent to an activating group) is 1. The number of aliphatic carboxylic acids is 1. The van der Waals surface area contributed by atoms with Gasteiger partial charge in [0.05, 0.1) is 13.0 Å². The van der Waals surface area contributed by atoms with E-state index in [1.54, 1.807) is 19.1 Å². The molecule has 0 aliphatic carbocycles. The lowest BCUT2D eigenvalue weighted by Crippen LogP contribution is -2.55. The van der Waals surface area contributed by atoms with E-state index in [1.807, 2.05) is 0 Å². The molecule has 2 rings (SSSR count). The summed E-state index contributed by atoms with van der Waals surface area (Å²) in [6.45, 7) is 1.26. The van der Waals surface area contributed by atoms with E-state index >= 15 is 0 Å². The van der Waals surface area contributed by atoms with Gasteiger partial charge in [-0.15, -0.1) is 0 Å². The maximum absolute atomic E-state index is 13.4. The minimum absolute atomic E-state index is 0.0525. The van der Waals surface area contributed by atoms with Crippen molar-refractivity contribution < 1.29 is 33.9 Å². The number of fused-ring (bicyclic) bond motifs is 2. The molecule has 15 nitrogen and oxygen atoms in total. The lowest BCUT2D eigenvalue weighted by molar-refractivity contribution is -0.141. The molecule has 0 radical (unpaired) electrons.